The maximum atomic E-state index is 12.1. The zero-order chi connectivity index (χ0) is 22.2. The number of nitrogens with one attached hydrogen (secondary N) is 2. The molecule has 0 unspecified atom stereocenters. The van der Waals surface area contributed by atoms with Crippen LogP contribution in [0.4, 0.5) is 10.5 Å². The number of hydroxylamine groups is 1. The fourth-order valence-electron chi connectivity index (χ4n) is 3.31. The molecule has 0 bridgehead atoms. The Morgan fingerprint density at radius 3 is 2.06 bits per heavy atom. The van der Waals surface area contributed by atoms with Crippen molar-refractivity contribution in [1.29, 1.82) is 0 Å². The Balaban J connectivity index is 0.00000272. The minimum atomic E-state index is -0.620. The highest BCUT2D eigenvalue weighted by Gasteiger charge is 2.08. The number of anilines is 1. The molecule has 0 aromatic heterocycles. The van der Waals surface area contributed by atoms with Gasteiger partial charge in [0.25, 0.3) is 5.91 Å². The highest BCUT2D eigenvalue weighted by Crippen LogP contribution is 2.20. The third-order valence-electron chi connectivity index (χ3n) is 5.13. The minimum absolute atomic E-state index is 0. The van der Waals surface area contributed by atoms with Crippen LogP contribution in [0, 0.1) is 0 Å². The molecule has 33 heavy (non-hydrogen) atoms. The van der Waals surface area contributed by atoms with E-state index in [1.165, 1.54) is 17.7 Å². The summed E-state index contributed by atoms with van der Waals surface area (Å²) in [5, 5.41) is 13.5. The molecule has 0 aliphatic carbocycles. The normalized spacial score (nSPS) is 10.2. The molecule has 8 nitrogen and oxygen atoms in total. The van der Waals surface area contributed by atoms with Crippen molar-refractivity contribution in [2.75, 3.05) is 18.4 Å². The van der Waals surface area contributed by atoms with Crippen LogP contribution >= 0.6 is 12.4 Å². The summed E-state index contributed by atoms with van der Waals surface area (Å²) in [4.78, 5) is 25.8. The van der Waals surface area contributed by atoms with Crippen LogP contribution in [0.3, 0.4) is 0 Å². The van der Waals surface area contributed by atoms with Gasteiger partial charge in [0.2, 0.25) is 0 Å². The average molecular weight is 476 g/mol. The van der Waals surface area contributed by atoms with E-state index >= 15 is 0 Å². The van der Waals surface area contributed by atoms with E-state index in [2.05, 4.69) is 42.3 Å². The van der Waals surface area contributed by atoms with Crippen molar-refractivity contribution < 1.29 is 25.0 Å². The van der Waals surface area contributed by atoms with Crippen molar-refractivity contribution in [1.82, 2.24) is 10.4 Å². The van der Waals surface area contributed by atoms with Gasteiger partial charge in [0, 0.05) is 17.8 Å². The maximum absolute atomic E-state index is 12.1. The summed E-state index contributed by atoms with van der Waals surface area (Å²) in [6.07, 6.45) is -0.589. The quantitative estimate of drug-likeness (QED) is 0.333. The number of amides is 2. The van der Waals surface area contributed by atoms with Crippen LogP contribution in [0.2, 0.25) is 0 Å². The number of hydrogen-bond acceptors (Lipinski definition) is 5. The summed E-state index contributed by atoms with van der Waals surface area (Å²) in [5.74, 6) is -0.620. The van der Waals surface area contributed by atoms with Crippen molar-refractivity contribution >= 4 is 40.9 Å². The first-order valence-electron chi connectivity index (χ1n) is 10.2. The van der Waals surface area contributed by atoms with Gasteiger partial charge in [-0.1, -0.05) is 38.1 Å². The van der Waals surface area contributed by atoms with E-state index in [1.54, 1.807) is 17.6 Å². The molecule has 0 spiro atoms. The number of benzene rings is 3. The van der Waals surface area contributed by atoms with E-state index in [0.29, 0.717) is 5.69 Å². The monoisotopic (exact) mass is 475 g/mol. The fourth-order valence-corrected chi connectivity index (χ4v) is 3.31. The molecule has 0 aliphatic rings. The maximum Gasteiger partial charge on any atom is 0.411 e. The van der Waals surface area contributed by atoms with Crippen LogP contribution in [0.1, 0.15) is 35.3 Å². The predicted molar refractivity (Wildman–Crippen MR) is 131 cm³/mol. The van der Waals surface area contributed by atoms with Crippen LogP contribution in [0.5, 0.6) is 0 Å². The Hall–Kier alpha value is -3.17. The number of carbonyl (C=O) groups excluding carboxylic acids is 2. The summed E-state index contributed by atoms with van der Waals surface area (Å²) in [5.41, 5.74) is 4.49. The first kappa shape index (κ1) is 27.9. The van der Waals surface area contributed by atoms with E-state index < -0.39 is 12.0 Å². The Labute approximate surface area is 199 Å². The van der Waals surface area contributed by atoms with Crippen molar-refractivity contribution in [2.24, 2.45) is 0 Å². The second-order valence-corrected chi connectivity index (χ2v) is 7.20. The number of carbonyl (C=O) groups is 2. The van der Waals surface area contributed by atoms with Gasteiger partial charge in [0.15, 0.2) is 0 Å². The van der Waals surface area contributed by atoms with Crippen LogP contribution in [0.15, 0.2) is 60.7 Å². The van der Waals surface area contributed by atoms with Gasteiger partial charge in [-0.15, -0.1) is 12.4 Å². The van der Waals surface area contributed by atoms with Gasteiger partial charge in [0.1, 0.15) is 6.61 Å². The smallest absolute Gasteiger partial charge is 0.411 e. The van der Waals surface area contributed by atoms with Crippen molar-refractivity contribution in [3.63, 3.8) is 0 Å². The largest absolute Gasteiger partial charge is 0.444 e. The summed E-state index contributed by atoms with van der Waals surface area (Å²) >= 11 is 0. The van der Waals surface area contributed by atoms with Gasteiger partial charge in [-0.25, -0.2) is 10.3 Å². The van der Waals surface area contributed by atoms with E-state index in [9.17, 15) is 9.59 Å². The molecule has 0 saturated carbocycles. The SMILES string of the molecule is CCN(CC)Cc1ccc2cc(COC(=O)Nc3ccc(C(=O)NO)cc3)ccc2c1.Cl.O. The van der Waals surface area contributed by atoms with Crippen LogP contribution in [-0.2, 0) is 17.9 Å². The number of ether oxygens (including phenoxy) is 1. The summed E-state index contributed by atoms with van der Waals surface area (Å²) < 4.78 is 5.31. The molecule has 0 saturated heterocycles. The molecule has 178 valence electrons. The van der Waals surface area contributed by atoms with Gasteiger partial charge in [0.05, 0.1) is 0 Å². The molecule has 3 rings (SSSR count). The molecule has 0 heterocycles. The lowest BCUT2D eigenvalue weighted by atomic mass is 10.0. The van der Waals surface area contributed by atoms with E-state index in [-0.39, 0.29) is 30.1 Å². The number of halogens is 1. The number of rotatable bonds is 8. The fraction of sp³-hybridized carbons (Fsp3) is 0.250. The zero-order valence-electron chi connectivity index (χ0n) is 18.6. The average Bonchev–Trinajstić information content (AvgIpc) is 2.81. The van der Waals surface area contributed by atoms with Crippen LogP contribution in [0.25, 0.3) is 10.8 Å². The first-order chi connectivity index (χ1) is 15.0. The third-order valence-corrected chi connectivity index (χ3v) is 5.13. The molecule has 0 atom stereocenters. The number of hydrogen-bond donors (Lipinski definition) is 3. The first-order valence-corrected chi connectivity index (χ1v) is 10.2. The number of nitrogens with zero attached hydrogens (tertiary/aromatic N) is 1. The Kier molecular flexibility index (Phi) is 11.3. The van der Waals surface area contributed by atoms with Gasteiger partial charge in [-0.05, 0) is 71.4 Å². The van der Waals surface area contributed by atoms with Crippen LogP contribution < -0.4 is 10.8 Å². The molecule has 0 radical (unpaired) electrons. The summed E-state index contributed by atoms with van der Waals surface area (Å²) in [7, 11) is 0. The highest BCUT2D eigenvalue weighted by atomic mass is 35.5. The molecule has 3 aromatic carbocycles. The van der Waals surface area contributed by atoms with Gasteiger partial charge >= 0.3 is 6.09 Å². The summed E-state index contributed by atoms with van der Waals surface area (Å²) in [6.45, 7) is 7.45. The van der Waals surface area contributed by atoms with Gasteiger partial charge in [-0.3, -0.25) is 20.2 Å². The molecular weight excluding hydrogens is 446 g/mol. The molecule has 0 fully saturated rings. The lowest BCUT2D eigenvalue weighted by Crippen LogP contribution is -2.21. The molecular formula is C24H30ClN3O5. The second-order valence-electron chi connectivity index (χ2n) is 7.20. The number of fused-ring (bicyclic) bond motifs is 1. The van der Waals surface area contributed by atoms with Crippen LogP contribution in [-0.4, -0.2) is 40.7 Å². The lowest BCUT2D eigenvalue weighted by Gasteiger charge is -2.18. The van der Waals surface area contributed by atoms with E-state index in [0.717, 1.165) is 36.0 Å². The highest BCUT2D eigenvalue weighted by molar-refractivity contribution is 5.94. The predicted octanol–water partition coefficient (Wildman–Crippen LogP) is 4.15. The van der Waals surface area contributed by atoms with E-state index in [4.69, 9.17) is 9.94 Å². The molecule has 9 heteroatoms. The Morgan fingerprint density at radius 1 is 0.909 bits per heavy atom. The third kappa shape index (κ3) is 7.73. The summed E-state index contributed by atoms with van der Waals surface area (Å²) in [6, 6.07) is 18.5. The standard InChI is InChI=1S/C24H27N3O4.ClH.H2O/c1-3-27(4-2)15-17-5-7-21-14-18(6-8-20(21)13-17)16-31-24(29)25-22-11-9-19(10-12-22)23(28)26-30;;/h5-14,30H,3-4,15-16H2,1-2H3,(H,25,29)(H,26,28);1H;1H2. The van der Waals surface area contributed by atoms with Gasteiger partial charge in [-0.2, -0.15) is 0 Å². The Morgan fingerprint density at radius 2 is 1.48 bits per heavy atom. The van der Waals surface area contributed by atoms with Crippen molar-refractivity contribution in [3.8, 4) is 0 Å². The topological polar surface area (TPSA) is 122 Å². The van der Waals surface area contributed by atoms with Crippen molar-refractivity contribution in [2.45, 2.75) is 27.0 Å². The molecule has 5 N–H and O–H groups in total. The van der Waals surface area contributed by atoms with Crippen molar-refractivity contribution in [3.05, 3.63) is 77.4 Å². The molecule has 3 aromatic rings. The van der Waals surface area contributed by atoms with Gasteiger partial charge < -0.3 is 10.2 Å². The lowest BCUT2D eigenvalue weighted by molar-refractivity contribution is 0.0706. The van der Waals surface area contributed by atoms with E-state index in [1.807, 2.05) is 18.2 Å². The Bertz CT molecular complexity index is 1060. The molecule has 2 amide bonds. The second kappa shape index (κ2) is 13.4. The zero-order valence-corrected chi connectivity index (χ0v) is 19.4. The minimum Gasteiger partial charge on any atom is -0.444 e. The molecule has 0 aliphatic heterocycles.